The molecule has 8 nitrogen and oxygen atoms in total. The Kier molecular flexibility index (Phi) is 9.14. The third kappa shape index (κ3) is 7.22. The van der Waals surface area contributed by atoms with Gasteiger partial charge in [0.15, 0.2) is 5.79 Å². The van der Waals surface area contributed by atoms with Crippen molar-refractivity contribution < 1.29 is 23.7 Å². The highest BCUT2D eigenvalue weighted by Crippen LogP contribution is 2.38. The molecule has 228 valence electrons. The molecular weight excluding hydrogens is 601 g/mol. The number of nitrogens with one attached hydrogen (secondary N) is 1. The van der Waals surface area contributed by atoms with Gasteiger partial charge in [0.05, 0.1) is 11.6 Å². The van der Waals surface area contributed by atoms with Crippen molar-refractivity contribution in [2.75, 3.05) is 54.5 Å². The highest BCUT2D eigenvalue weighted by Gasteiger charge is 2.40. The summed E-state index contributed by atoms with van der Waals surface area (Å²) in [5.74, 6) is 0.326. The Hall–Kier alpha value is -3.95. The van der Waals surface area contributed by atoms with Gasteiger partial charge in [0.1, 0.15) is 24.2 Å². The van der Waals surface area contributed by atoms with Gasteiger partial charge in [-0.15, -0.1) is 0 Å². The number of nitrogens with zero attached hydrogens (tertiary/aromatic N) is 2. The number of hydrogen-bond donors (Lipinski definition) is 1. The highest BCUT2D eigenvalue weighted by molar-refractivity contribution is 6.35. The Morgan fingerprint density at radius 1 is 0.864 bits per heavy atom. The Morgan fingerprint density at radius 2 is 1.50 bits per heavy atom. The number of anilines is 3. The number of ether oxygens (including phenoxy) is 4. The summed E-state index contributed by atoms with van der Waals surface area (Å²) in [7, 11) is 0. The van der Waals surface area contributed by atoms with Crippen LogP contribution >= 0.6 is 23.2 Å². The van der Waals surface area contributed by atoms with Crippen molar-refractivity contribution in [2.45, 2.75) is 18.8 Å². The number of halogens is 2. The predicted octanol–water partition coefficient (Wildman–Crippen LogP) is 7.60. The molecule has 0 aliphatic carbocycles. The minimum atomic E-state index is -0.947. The number of amides is 1. The molecule has 0 aromatic heterocycles. The number of piperazine rings is 1. The smallest absolute Gasteiger partial charge is 0.417 e. The average Bonchev–Trinajstić information content (AvgIpc) is 3.42. The van der Waals surface area contributed by atoms with Crippen molar-refractivity contribution in [1.29, 1.82) is 0 Å². The summed E-state index contributed by atoms with van der Waals surface area (Å²) < 4.78 is 23.5. The molecule has 2 atom stereocenters. The Balaban J connectivity index is 0.950. The first-order chi connectivity index (χ1) is 21.3. The zero-order valence-corrected chi connectivity index (χ0v) is 25.8. The van der Waals surface area contributed by atoms with Gasteiger partial charge in [0.2, 0.25) is 0 Å². The van der Waals surface area contributed by atoms with Crippen LogP contribution in [0.25, 0.3) is 0 Å². The van der Waals surface area contributed by atoms with Crippen LogP contribution < -0.4 is 24.6 Å². The molecule has 4 aromatic carbocycles. The Labute approximate surface area is 267 Å². The van der Waals surface area contributed by atoms with Gasteiger partial charge >= 0.3 is 6.09 Å². The largest absolute Gasteiger partial charge is 0.491 e. The van der Waals surface area contributed by atoms with Crippen LogP contribution in [0.2, 0.25) is 10.0 Å². The van der Waals surface area contributed by atoms with E-state index in [-0.39, 0.29) is 6.10 Å². The fraction of sp³-hybridized carbons (Fsp3) is 0.265. The Morgan fingerprint density at radius 3 is 2.14 bits per heavy atom. The van der Waals surface area contributed by atoms with E-state index in [1.807, 2.05) is 67.6 Å². The van der Waals surface area contributed by atoms with Crippen LogP contribution in [-0.4, -0.2) is 51.6 Å². The van der Waals surface area contributed by atoms with Crippen molar-refractivity contribution in [3.63, 3.8) is 0 Å². The lowest BCUT2D eigenvalue weighted by Crippen LogP contribution is -2.46. The fourth-order valence-corrected chi connectivity index (χ4v) is 5.96. The summed E-state index contributed by atoms with van der Waals surface area (Å²) >= 11 is 12.4. The van der Waals surface area contributed by atoms with E-state index in [1.165, 1.54) is 0 Å². The lowest BCUT2D eigenvalue weighted by atomic mass is 10.1. The minimum Gasteiger partial charge on any atom is -0.491 e. The zero-order valence-electron chi connectivity index (χ0n) is 24.2. The molecule has 2 aliphatic rings. The number of hydrogen-bond acceptors (Lipinski definition) is 7. The van der Waals surface area contributed by atoms with Gasteiger partial charge in [0, 0.05) is 53.8 Å². The molecule has 1 N–H and O–H groups in total. The van der Waals surface area contributed by atoms with Gasteiger partial charge in [-0.2, -0.15) is 0 Å². The van der Waals surface area contributed by atoms with Crippen LogP contribution in [0.3, 0.4) is 0 Å². The number of rotatable bonds is 8. The second kappa shape index (κ2) is 13.4. The molecule has 10 heteroatoms. The molecule has 0 bridgehead atoms. The maximum atomic E-state index is 12.2. The molecule has 2 fully saturated rings. The number of benzene rings is 4. The van der Waals surface area contributed by atoms with Crippen molar-refractivity contribution in [1.82, 2.24) is 0 Å². The van der Waals surface area contributed by atoms with E-state index in [4.69, 9.17) is 42.1 Å². The SMILES string of the molecule is C[C@]1(c2ccc(Cl)cc2Cl)OC[C@@H](COc2ccc(N3CCN(c4ccc(NC(=O)Oc5ccccc5)cc4)CC3)cc2)O1. The Bertz CT molecular complexity index is 1560. The van der Waals surface area contributed by atoms with E-state index >= 15 is 0 Å². The third-order valence-corrected chi connectivity index (χ3v) is 8.25. The fourth-order valence-electron chi connectivity index (χ4n) is 5.38. The molecule has 0 spiro atoms. The summed E-state index contributed by atoms with van der Waals surface area (Å²) in [5, 5.41) is 3.84. The monoisotopic (exact) mass is 633 g/mol. The van der Waals surface area contributed by atoms with Crippen LogP contribution in [0, 0.1) is 0 Å². The van der Waals surface area contributed by atoms with E-state index in [0.29, 0.717) is 34.7 Å². The first-order valence-electron chi connectivity index (χ1n) is 14.5. The van der Waals surface area contributed by atoms with Crippen LogP contribution in [0.1, 0.15) is 12.5 Å². The molecule has 0 unspecified atom stereocenters. The predicted molar refractivity (Wildman–Crippen MR) is 174 cm³/mol. The van der Waals surface area contributed by atoms with E-state index in [9.17, 15) is 4.79 Å². The van der Waals surface area contributed by atoms with Gasteiger partial charge < -0.3 is 28.7 Å². The van der Waals surface area contributed by atoms with Gasteiger partial charge in [-0.3, -0.25) is 5.32 Å². The second-order valence-electron chi connectivity index (χ2n) is 10.8. The normalized spacial score (nSPS) is 19.9. The topological polar surface area (TPSA) is 72.5 Å². The molecule has 0 radical (unpaired) electrons. The van der Waals surface area contributed by atoms with Gasteiger partial charge in [-0.05, 0) is 79.7 Å². The van der Waals surface area contributed by atoms with E-state index < -0.39 is 11.9 Å². The summed E-state index contributed by atoms with van der Waals surface area (Å²) in [5.41, 5.74) is 3.69. The first kappa shape index (κ1) is 30.1. The molecule has 4 aromatic rings. The highest BCUT2D eigenvalue weighted by atomic mass is 35.5. The lowest BCUT2D eigenvalue weighted by molar-refractivity contribution is -0.164. The second-order valence-corrected chi connectivity index (χ2v) is 11.6. The molecule has 2 aliphatic heterocycles. The van der Waals surface area contributed by atoms with Crippen molar-refractivity contribution >= 4 is 46.4 Å². The molecule has 6 rings (SSSR count). The van der Waals surface area contributed by atoms with E-state index in [1.54, 1.807) is 24.3 Å². The summed E-state index contributed by atoms with van der Waals surface area (Å²) in [4.78, 5) is 16.9. The molecule has 2 saturated heterocycles. The molecule has 0 saturated carbocycles. The zero-order chi connectivity index (χ0) is 30.5. The van der Waals surface area contributed by atoms with Crippen molar-refractivity contribution in [2.24, 2.45) is 0 Å². The van der Waals surface area contributed by atoms with Crippen molar-refractivity contribution in [3.05, 3.63) is 113 Å². The minimum absolute atomic E-state index is 0.229. The lowest BCUT2D eigenvalue weighted by Gasteiger charge is -2.37. The third-order valence-electron chi connectivity index (χ3n) is 7.71. The van der Waals surface area contributed by atoms with Crippen molar-refractivity contribution in [3.8, 4) is 11.5 Å². The average molecular weight is 635 g/mol. The maximum absolute atomic E-state index is 12.2. The summed E-state index contributed by atoms with van der Waals surface area (Å²) in [6.07, 6.45) is -0.746. The molecule has 44 heavy (non-hydrogen) atoms. The standard InChI is InChI=1S/C34H33Cl2N3O5/c1-34(31-16-7-24(35)21-32(31)36)42-23-30(44-34)22-41-28-14-12-27(13-15-28)39-19-17-38(18-20-39)26-10-8-25(9-11-26)37-33(40)43-29-5-3-2-4-6-29/h2-16,21,30H,17-20,22-23H2,1H3,(H,37,40)/t30-,34+/m1/s1. The van der Waals surface area contributed by atoms with Gasteiger partial charge in [0.25, 0.3) is 0 Å². The number of carbonyl (C=O) groups excluding carboxylic acids is 1. The van der Waals surface area contributed by atoms with Crippen LogP contribution in [0.15, 0.2) is 97.1 Å². The summed E-state index contributed by atoms with van der Waals surface area (Å²) in [6.45, 7) is 6.17. The van der Waals surface area contributed by atoms with E-state index in [2.05, 4.69) is 27.2 Å². The van der Waals surface area contributed by atoms with Gasteiger partial charge in [-0.25, -0.2) is 4.79 Å². The van der Waals surface area contributed by atoms with E-state index in [0.717, 1.165) is 48.9 Å². The van der Waals surface area contributed by atoms with Crippen LogP contribution in [-0.2, 0) is 15.3 Å². The van der Waals surface area contributed by atoms with Crippen LogP contribution in [0.4, 0.5) is 21.9 Å². The van der Waals surface area contributed by atoms with Crippen LogP contribution in [0.5, 0.6) is 11.5 Å². The quantitative estimate of drug-likeness (QED) is 0.214. The first-order valence-corrected chi connectivity index (χ1v) is 15.2. The number of carbonyl (C=O) groups is 1. The summed E-state index contributed by atoms with van der Waals surface area (Å²) in [6, 6.07) is 30.2. The van der Waals surface area contributed by atoms with Gasteiger partial charge in [-0.1, -0.05) is 47.5 Å². The maximum Gasteiger partial charge on any atom is 0.417 e. The molecular formula is C34H33Cl2N3O5. The number of para-hydroxylation sites is 1. The molecule has 2 heterocycles. The molecule has 1 amide bonds.